The van der Waals surface area contributed by atoms with Crippen molar-refractivity contribution in [1.29, 1.82) is 0 Å². The van der Waals surface area contributed by atoms with Gasteiger partial charge in [-0.1, -0.05) is 25.1 Å². The molecule has 0 saturated carbocycles. The Morgan fingerprint density at radius 3 is 2.38 bits per heavy atom. The van der Waals surface area contributed by atoms with E-state index >= 15 is 0 Å². The first-order chi connectivity index (χ1) is 6.16. The molecule has 0 N–H and O–H groups in total. The van der Waals surface area contributed by atoms with Crippen molar-refractivity contribution in [3.05, 3.63) is 46.5 Å². The predicted molar refractivity (Wildman–Crippen MR) is 57.9 cm³/mol. The van der Waals surface area contributed by atoms with Gasteiger partial charge in [0.15, 0.2) is 0 Å². The summed E-state index contributed by atoms with van der Waals surface area (Å²) in [5.41, 5.74) is 5.27. The van der Waals surface area contributed by atoms with Crippen molar-refractivity contribution in [3.63, 3.8) is 0 Å². The monoisotopic (exact) mass is 173 g/mol. The van der Waals surface area contributed by atoms with Crippen LogP contribution < -0.4 is 0 Å². The van der Waals surface area contributed by atoms with Crippen LogP contribution in [-0.2, 0) is 0 Å². The van der Waals surface area contributed by atoms with Gasteiger partial charge in [0.25, 0.3) is 0 Å². The Labute approximate surface area is 81.3 Å². The van der Waals surface area contributed by atoms with Gasteiger partial charge in [-0.25, -0.2) is 0 Å². The summed E-state index contributed by atoms with van der Waals surface area (Å²) in [4.78, 5) is 0. The summed E-state index contributed by atoms with van der Waals surface area (Å²) >= 11 is 0. The van der Waals surface area contributed by atoms with Gasteiger partial charge >= 0.3 is 0 Å². The maximum atomic E-state index is 3.35. The molecule has 0 heterocycles. The van der Waals surface area contributed by atoms with Crippen molar-refractivity contribution in [2.75, 3.05) is 0 Å². The van der Waals surface area contributed by atoms with Gasteiger partial charge < -0.3 is 0 Å². The Morgan fingerprint density at radius 1 is 1.15 bits per heavy atom. The van der Waals surface area contributed by atoms with Gasteiger partial charge in [-0.15, -0.1) is 0 Å². The molecule has 0 bridgehead atoms. The van der Waals surface area contributed by atoms with Crippen molar-refractivity contribution in [2.45, 2.75) is 34.1 Å². The molecule has 0 spiro atoms. The molecular formula is C13H17. The minimum atomic E-state index is 1.05. The summed E-state index contributed by atoms with van der Waals surface area (Å²) in [7, 11) is 0. The molecule has 0 saturated heterocycles. The molecule has 0 nitrogen and oxygen atoms in total. The number of hydrogen-bond acceptors (Lipinski definition) is 0. The van der Waals surface area contributed by atoms with Gasteiger partial charge in [-0.2, -0.15) is 0 Å². The third-order valence-corrected chi connectivity index (χ3v) is 2.39. The molecule has 1 aromatic carbocycles. The second-order valence-electron chi connectivity index (χ2n) is 3.46. The molecule has 0 amide bonds. The van der Waals surface area contributed by atoms with E-state index < -0.39 is 0 Å². The van der Waals surface area contributed by atoms with Crippen LogP contribution >= 0.6 is 0 Å². The van der Waals surface area contributed by atoms with Crippen LogP contribution in [0, 0.1) is 26.8 Å². The highest BCUT2D eigenvalue weighted by molar-refractivity contribution is 5.42. The largest absolute Gasteiger partial charge is 0.0763 e. The highest BCUT2D eigenvalue weighted by Crippen LogP contribution is 2.17. The SMILES string of the molecule is CC/C=[C]\c1c(C)ccc(C)c1C. The Kier molecular flexibility index (Phi) is 3.30. The normalized spacial score (nSPS) is 11.1. The number of aryl methyl sites for hydroxylation is 2. The fourth-order valence-electron chi connectivity index (χ4n) is 1.38. The average molecular weight is 173 g/mol. The lowest BCUT2D eigenvalue weighted by molar-refractivity contribution is 1.19. The van der Waals surface area contributed by atoms with E-state index in [9.17, 15) is 0 Å². The summed E-state index contributed by atoms with van der Waals surface area (Å²) < 4.78 is 0. The van der Waals surface area contributed by atoms with Crippen molar-refractivity contribution in [1.82, 2.24) is 0 Å². The summed E-state index contributed by atoms with van der Waals surface area (Å²) in [6.07, 6.45) is 6.49. The van der Waals surface area contributed by atoms with Crippen LogP contribution in [0.5, 0.6) is 0 Å². The van der Waals surface area contributed by atoms with Crippen molar-refractivity contribution in [3.8, 4) is 0 Å². The van der Waals surface area contributed by atoms with Gasteiger partial charge in [0.1, 0.15) is 0 Å². The maximum Gasteiger partial charge on any atom is -0.0120 e. The second kappa shape index (κ2) is 4.27. The predicted octanol–water partition coefficient (Wildman–Crippen LogP) is 3.73. The van der Waals surface area contributed by atoms with Crippen LogP contribution in [0.1, 0.15) is 35.6 Å². The number of hydrogen-bond donors (Lipinski definition) is 0. The first kappa shape index (κ1) is 10.0. The van der Waals surface area contributed by atoms with Crippen LogP contribution in [-0.4, -0.2) is 0 Å². The zero-order chi connectivity index (χ0) is 9.84. The molecule has 0 fully saturated rings. The fraction of sp³-hybridized carbons (Fsp3) is 0.385. The topological polar surface area (TPSA) is 0 Å². The third-order valence-electron chi connectivity index (χ3n) is 2.39. The summed E-state index contributed by atoms with van der Waals surface area (Å²) in [5, 5.41) is 0. The van der Waals surface area contributed by atoms with Gasteiger partial charge in [-0.05, 0) is 55.5 Å². The minimum absolute atomic E-state index is 1.05. The van der Waals surface area contributed by atoms with Crippen LogP contribution in [0.15, 0.2) is 18.2 Å². The van der Waals surface area contributed by atoms with Gasteiger partial charge in [0, 0.05) is 0 Å². The van der Waals surface area contributed by atoms with Gasteiger partial charge in [-0.3, -0.25) is 0 Å². The van der Waals surface area contributed by atoms with Crippen LogP contribution in [0.3, 0.4) is 0 Å². The molecule has 69 valence electrons. The van der Waals surface area contributed by atoms with E-state index in [1.54, 1.807) is 0 Å². The standard InChI is InChI=1S/C13H17/c1-5-6-7-13-11(3)9-8-10(2)12(13)4/h6,8-9H,5H2,1-4H3. The zero-order valence-corrected chi connectivity index (χ0v) is 8.94. The van der Waals surface area contributed by atoms with Crippen molar-refractivity contribution >= 4 is 0 Å². The molecular weight excluding hydrogens is 156 g/mol. The zero-order valence-electron chi connectivity index (χ0n) is 8.94. The molecule has 0 aliphatic carbocycles. The number of benzene rings is 1. The lowest BCUT2D eigenvalue weighted by Gasteiger charge is -2.07. The van der Waals surface area contributed by atoms with E-state index in [0.29, 0.717) is 0 Å². The number of allylic oxidation sites excluding steroid dienone is 1. The van der Waals surface area contributed by atoms with Gasteiger partial charge in [0.05, 0.1) is 0 Å². The van der Waals surface area contributed by atoms with E-state index in [0.717, 1.165) is 6.42 Å². The highest BCUT2D eigenvalue weighted by Gasteiger charge is 2.00. The third kappa shape index (κ3) is 2.21. The molecule has 0 aromatic heterocycles. The lowest BCUT2D eigenvalue weighted by Crippen LogP contribution is -1.90. The number of rotatable bonds is 2. The van der Waals surface area contributed by atoms with Crippen LogP contribution in [0.25, 0.3) is 0 Å². The first-order valence-corrected chi connectivity index (χ1v) is 4.81. The Bertz CT molecular complexity index is 319. The Morgan fingerprint density at radius 2 is 1.77 bits per heavy atom. The summed E-state index contributed by atoms with van der Waals surface area (Å²) in [6.45, 7) is 8.58. The summed E-state index contributed by atoms with van der Waals surface area (Å²) in [6, 6.07) is 4.33. The molecule has 0 heteroatoms. The van der Waals surface area contributed by atoms with E-state index in [1.807, 2.05) is 0 Å². The van der Waals surface area contributed by atoms with E-state index in [1.165, 1.54) is 22.3 Å². The quantitative estimate of drug-likeness (QED) is 0.639. The fourth-order valence-corrected chi connectivity index (χ4v) is 1.38. The first-order valence-electron chi connectivity index (χ1n) is 4.81. The lowest BCUT2D eigenvalue weighted by atomic mass is 9.98. The van der Waals surface area contributed by atoms with E-state index in [-0.39, 0.29) is 0 Å². The highest BCUT2D eigenvalue weighted by atomic mass is 14.1. The van der Waals surface area contributed by atoms with Crippen LogP contribution in [0.4, 0.5) is 0 Å². The molecule has 0 aliphatic rings. The minimum Gasteiger partial charge on any atom is -0.0763 e. The molecule has 0 unspecified atom stereocenters. The second-order valence-corrected chi connectivity index (χ2v) is 3.46. The molecule has 1 aromatic rings. The Hall–Kier alpha value is -1.04. The Balaban J connectivity index is 3.17. The van der Waals surface area contributed by atoms with Crippen molar-refractivity contribution in [2.24, 2.45) is 0 Å². The molecule has 0 aliphatic heterocycles. The summed E-state index contributed by atoms with van der Waals surface area (Å²) in [5.74, 6) is 0. The maximum absolute atomic E-state index is 3.35. The molecule has 1 rings (SSSR count). The van der Waals surface area contributed by atoms with Crippen LogP contribution in [0.2, 0.25) is 0 Å². The molecule has 13 heavy (non-hydrogen) atoms. The smallest absolute Gasteiger partial charge is 0.0120 e. The van der Waals surface area contributed by atoms with E-state index in [2.05, 4.69) is 52.0 Å². The molecule has 1 radical (unpaired) electrons. The van der Waals surface area contributed by atoms with Gasteiger partial charge in [0.2, 0.25) is 0 Å². The van der Waals surface area contributed by atoms with E-state index in [4.69, 9.17) is 0 Å². The average Bonchev–Trinajstić information content (AvgIpc) is 2.12. The van der Waals surface area contributed by atoms with Crippen molar-refractivity contribution < 1.29 is 0 Å². The molecule has 0 atom stereocenters.